The highest BCUT2D eigenvalue weighted by molar-refractivity contribution is 6.03. The maximum atomic E-state index is 9.66. The summed E-state index contributed by atoms with van der Waals surface area (Å²) in [6.07, 6.45) is 0. The fraction of sp³-hybridized carbons (Fsp3) is 0. The zero-order chi connectivity index (χ0) is 11.2. The molecule has 5 heteroatoms. The monoisotopic (exact) mass is 206 g/mol. The number of phenolic OH excluding ortho intramolecular Hbond substituents is 3. The molecule has 0 bridgehead atoms. The lowest BCUT2D eigenvalue weighted by atomic mass is 10.1. The average molecular weight is 206 g/mol. The van der Waals surface area contributed by atoms with Crippen LogP contribution in [0.4, 0.5) is 11.4 Å². The molecule has 7 N–H and O–H groups in total. The molecule has 0 saturated carbocycles. The van der Waals surface area contributed by atoms with E-state index in [1.165, 1.54) is 18.2 Å². The van der Waals surface area contributed by atoms with Gasteiger partial charge in [0, 0.05) is 17.1 Å². The Morgan fingerprint density at radius 2 is 1.60 bits per heavy atom. The van der Waals surface area contributed by atoms with E-state index in [0.717, 1.165) is 0 Å². The summed E-state index contributed by atoms with van der Waals surface area (Å²) in [4.78, 5) is 0. The third-order valence-corrected chi connectivity index (χ3v) is 2.24. The highest BCUT2D eigenvalue weighted by Gasteiger charge is 2.12. The van der Waals surface area contributed by atoms with Crippen LogP contribution in [0.3, 0.4) is 0 Å². The number of hydrogen-bond donors (Lipinski definition) is 5. The fourth-order valence-electron chi connectivity index (χ4n) is 1.54. The van der Waals surface area contributed by atoms with Crippen molar-refractivity contribution in [2.45, 2.75) is 0 Å². The first-order valence-corrected chi connectivity index (χ1v) is 4.23. The van der Waals surface area contributed by atoms with Crippen LogP contribution >= 0.6 is 0 Å². The van der Waals surface area contributed by atoms with Crippen LogP contribution in [0.5, 0.6) is 17.2 Å². The summed E-state index contributed by atoms with van der Waals surface area (Å²) in [6, 6.07) is 4.02. The number of benzene rings is 2. The number of phenols is 3. The predicted octanol–water partition coefficient (Wildman–Crippen LogP) is 1.12. The largest absolute Gasteiger partial charge is 0.508 e. The molecule has 15 heavy (non-hydrogen) atoms. The van der Waals surface area contributed by atoms with Gasteiger partial charge in [-0.25, -0.2) is 0 Å². The molecular weight excluding hydrogens is 196 g/mol. The number of hydrogen-bond acceptors (Lipinski definition) is 5. The van der Waals surface area contributed by atoms with Crippen molar-refractivity contribution in [1.82, 2.24) is 0 Å². The number of rotatable bonds is 0. The second kappa shape index (κ2) is 2.84. The zero-order valence-electron chi connectivity index (χ0n) is 7.73. The quantitative estimate of drug-likeness (QED) is 0.327. The van der Waals surface area contributed by atoms with E-state index >= 15 is 0 Å². The summed E-state index contributed by atoms with van der Waals surface area (Å²) >= 11 is 0. The lowest BCUT2D eigenvalue weighted by Gasteiger charge is -2.09. The Hall–Kier alpha value is -2.30. The molecule has 0 aliphatic heterocycles. The highest BCUT2D eigenvalue weighted by atomic mass is 16.3. The van der Waals surface area contributed by atoms with Crippen molar-refractivity contribution in [1.29, 1.82) is 0 Å². The van der Waals surface area contributed by atoms with Gasteiger partial charge >= 0.3 is 0 Å². The molecule has 78 valence electrons. The van der Waals surface area contributed by atoms with Crippen LogP contribution in [0.2, 0.25) is 0 Å². The first kappa shape index (κ1) is 9.26. The van der Waals surface area contributed by atoms with E-state index in [4.69, 9.17) is 11.5 Å². The maximum absolute atomic E-state index is 9.66. The van der Waals surface area contributed by atoms with Gasteiger partial charge in [-0.05, 0) is 17.5 Å². The van der Waals surface area contributed by atoms with Crippen molar-refractivity contribution < 1.29 is 15.3 Å². The van der Waals surface area contributed by atoms with Gasteiger partial charge in [0.2, 0.25) is 0 Å². The van der Waals surface area contributed by atoms with Gasteiger partial charge in [-0.2, -0.15) is 0 Å². The van der Waals surface area contributed by atoms with E-state index < -0.39 is 0 Å². The van der Waals surface area contributed by atoms with Crippen molar-refractivity contribution in [2.24, 2.45) is 0 Å². The minimum atomic E-state index is -0.275. The van der Waals surface area contributed by atoms with Crippen LogP contribution in [0.15, 0.2) is 18.2 Å². The van der Waals surface area contributed by atoms with Gasteiger partial charge in [0.05, 0.1) is 0 Å². The SMILES string of the molecule is Nc1c(O)cc2cc(O)cc(N)c2c1O. The number of fused-ring (bicyclic) bond motifs is 1. The minimum absolute atomic E-state index is 0.0384. The van der Waals surface area contributed by atoms with E-state index in [-0.39, 0.29) is 28.6 Å². The van der Waals surface area contributed by atoms with Gasteiger partial charge in [-0.15, -0.1) is 0 Å². The average Bonchev–Trinajstić information content (AvgIpc) is 2.13. The molecule has 5 nitrogen and oxygen atoms in total. The molecule has 0 atom stereocenters. The van der Waals surface area contributed by atoms with Gasteiger partial charge in [0.1, 0.15) is 17.2 Å². The number of anilines is 2. The van der Waals surface area contributed by atoms with Gasteiger partial charge in [-0.1, -0.05) is 0 Å². The van der Waals surface area contributed by atoms with Crippen LogP contribution in [0, 0.1) is 0 Å². The Morgan fingerprint density at radius 1 is 0.933 bits per heavy atom. The van der Waals surface area contributed by atoms with Crippen molar-refractivity contribution >= 4 is 22.1 Å². The maximum Gasteiger partial charge on any atom is 0.152 e. The summed E-state index contributed by atoms with van der Waals surface area (Å²) < 4.78 is 0. The molecule has 2 rings (SSSR count). The van der Waals surface area contributed by atoms with Crippen molar-refractivity contribution in [3.63, 3.8) is 0 Å². The smallest absolute Gasteiger partial charge is 0.152 e. The number of nitrogens with two attached hydrogens (primary N) is 2. The molecular formula is C10H10N2O3. The summed E-state index contributed by atoms with van der Waals surface area (Å²) in [6.45, 7) is 0. The van der Waals surface area contributed by atoms with Gasteiger partial charge in [0.15, 0.2) is 5.75 Å². The van der Waals surface area contributed by atoms with Gasteiger partial charge in [0.25, 0.3) is 0 Å². The van der Waals surface area contributed by atoms with Crippen LogP contribution in [0.25, 0.3) is 10.8 Å². The van der Waals surface area contributed by atoms with Gasteiger partial charge in [-0.3, -0.25) is 0 Å². The van der Waals surface area contributed by atoms with Gasteiger partial charge < -0.3 is 26.8 Å². The molecule has 0 amide bonds. The van der Waals surface area contributed by atoms with E-state index in [2.05, 4.69) is 0 Å². The second-order valence-corrected chi connectivity index (χ2v) is 3.29. The van der Waals surface area contributed by atoms with Crippen molar-refractivity contribution in [2.75, 3.05) is 11.5 Å². The Labute approximate surface area is 85.2 Å². The lowest BCUT2D eigenvalue weighted by Crippen LogP contribution is -1.92. The number of nitrogen functional groups attached to an aromatic ring is 2. The molecule has 0 unspecified atom stereocenters. The van der Waals surface area contributed by atoms with Crippen molar-refractivity contribution in [3.8, 4) is 17.2 Å². The highest BCUT2D eigenvalue weighted by Crippen LogP contribution is 2.41. The Bertz CT molecular complexity index is 552. The Balaban J connectivity index is 2.99. The topological polar surface area (TPSA) is 113 Å². The second-order valence-electron chi connectivity index (χ2n) is 3.29. The van der Waals surface area contributed by atoms with E-state index in [1.54, 1.807) is 0 Å². The summed E-state index contributed by atoms with van der Waals surface area (Å²) in [5.41, 5.74) is 11.1. The molecule has 2 aromatic carbocycles. The first-order valence-electron chi connectivity index (χ1n) is 4.23. The molecule has 0 fully saturated rings. The van der Waals surface area contributed by atoms with E-state index in [0.29, 0.717) is 10.8 Å². The molecule has 0 spiro atoms. The predicted molar refractivity (Wildman–Crippen MR) is 57.8 cm³/mol. The lowest BCUT2D eigenvalue weighted by molar-refractivity contribution is 0.459. The summed E-state index contributed by atoms with van der Waals surface area (Å²) in [5.74, 6) is -0.559. The Kier molecular flexibility index (Phi) is 1.76. The molecule has 0 aromatic heterocycles. The summed E-state index contributed by atoms with van der Waals surface area (Å²) in [7, 11) is 0. The molecule has 0 saturated heterocycles. The van der Waals surface area contributed by atoms with Crippen LogP contribution in [-0.2, 0) is 0 Å². The zero-order valence-corrected chi connectivity index (χ0v) is 7.73. The van der Waals surface area contributed by atoms with E-state index in [1.807, 2.05) is 0 Å². The molecule has 0 aliphatic carbocycles. The van der Waals surface area contributed by atoms with E-state index in [9.17, 15) is 15.3 Å². The summed E-state index contributed by atoms with van der Waals surface area (Å²) in [5, 5.41) is 29.1. The minimum Gasteiger partial charge on any atom is -0.508 e. The Morgan fingerprint density at radius 3 is 2.27 bits per heavy atom. The molecule has 0 aliphatic rings. The number of aromatic hydroxyl groups is 3. The molecule has 0 heterocycles. The fourth-order valence-corrected chi connectivity index (χ4v) is 1.54. The third kappa shape index (κ3) is 1.25. The first-order chi connectivity index (χ1) is 7.00. The third-order valence-electron chi connectivity index (χ3n) is 2.24. The van der Waals surface area contributed by atoms with Crippen LogP contribution in [0.1, 0.15) is 0 Å². The molecule has 0 radical (unpaired) electrons. The van der Waals surface area contributed by atoms with Crippen LogP contribution in [-0.4, -0.2) is 15.3 Å². The van der Waals surface area contributed by atoms with Crippen molar-refractivity contribution in [3.05, 3.63) is 18.2 Å². The van der Waals surface area contributed by atoms with Crippen LogP contribution < -0.4 is 11.5 Å². The standard InChI is InChI=1S/C10H10N2O3/c11-6-3-5(13)1-4-2-7(14)9(12)10(15)8(4)6/h1-3,13-15H,11-12H2. The molecule has 2 aromatic rings. The normalized spacial score (nSPS) is 10.7.